The third-order valence-corrected chi connectivity index (χ3v) is 10.7. The number of likely N-dealkylation sites (tertiary alicyclic amines) is 1. The molecule has 1 spiro atoms. The number of carbonyl (C=O) groups is 2. The topological polar surface area (TPSA) is 65.1 Å². The van der Waals surface area contributed by atoms with E-state index in [-0.39, 0.29) is 40.9 Å². The van der Waals surface area contributed by atoms with Crippen molar-refractivity contribution >= 4 is 11.9 Å². The van der Waals surface area contributed by atoms with Gasteiger partial charge in [0.25, 0.3) is 0 Å². The van der Waals surface area contributed by atoms with Crippen LogP contribution in [0.3, 0.4) is 0 Å². The molecule has 5 rings (SSSR count). The maximum Gasteiger partial charge on any atom is 0.320 e. The summed E-state index contributed by atoms with van der Waals surface area (Å²) in [7, 11) is 0. The number of ether oxygens (including phenoxy) is 1. The second-order valence-corrected chi connectivity index (χ2v) is 14.3. The fourth-order valence-electron chi connectivity index (χ4n) is 8.52. The van der Waals surface area contributed by atoms with E-state index in [2.05, 4.69) is 65.1 Å². The summed E-state index contributed by atoms with van der Waals surface area (Å²) in [5.41, 5.74) is -0.120. The number of fused-ring (bicyclic) bond motifs is 1. The highest BCUT2D eigenvalue weighted by atomic mass is 16.5. The summed E-state index contributed by atoms with van der Waals surface area (Å²) in [6, 6.07) is 1.09. The zero-order chi connectivity index (χ0) is 28.5. The molecule has 0 bridgehead atoms. The summed E-state index contributed by atoms with van der Waals surface area (Å²) in [6.07, 6.45) is 17.5. The largest absolute Gasteiger partial charge is 0.381 e. The number of urea groups is 1. The Morgan fingerprint density at radius 2 is 1.90 bits per heavy atom. The molecule has 224 valence electrons. The first-order valence-corrected chi connectivity index (χ1v) is 16.2. The van der Waals surface area contributed by atoms with Gasteiger partial charge in [-0.2, -0.15) is 0 Å². The molecule has 3 amide bonds. The lowest BCUT2D eigenvalue weighted by Gasteiger charge is -2.41. The summed E-state index contributed by atoms with van der Waals surface area (Å²) >= 11 is 0. The van der Waals surface area contributed by atoms with E-state index in [1.807, 2.05) is 13.8 Å². The van der Waals surface area contributed by atoms with E-state index in [4.69, 9.17) is 4.74 Å². The van der Waals surface area contributed by atoms with Crippen LogP contribution in [0.15, 0.2) is 24.3 Å². The van der Waals surface area contributed by atoms with Crippen LogP contribution in [0.1, 0.15) is 86.0 Å². The van der Waals surface area contributed by atoms with E-state index in [9.17, 15) is 9.59 Å². The number of hydrogen-bond acceptors (Lipinski definition) is 4. The molecule has 4 unspecified atom stereocenters. The molecule has 0 aromatic heterocycles. The molecular formula is C33H54N4O3. The fourth-order valence-corrected chi connectivity index (χ4v) is 8.52. The SMILES string of the molecule is CC(C)C(=O)N[C@@H](CCN1CCCC2CC3(CC21)CN(CC1CCOCC1)C(=O)N3C(C)C)C1(C)C=CC=CC1. The molecule has 7 nitrogen and oxygen atoms in total. The number of carbonyl (C=O) groups excluding carboxylic acids is 2. The minimum Gasteiger partial charge on any atom is -0.381 e. The van der Waals surface area contributed by atoms with Gasteiger partial charge in [0.15, 0.2) is 0 Å². The Balaban J connectivity index is 1.29. The maximum absolute atomic E-state index is 13.8. The van der Waals surface area contributed by atoms with Crippen LogP contribution in [0.2, 0.25) is 0 Å². The standard InChI is InChI=1S/C33H54N4O3/c1-24(2)30(38)34-29(32(5)14-7-6-8-15-32)11-17-35-16-9-10-27-20-33(21-28(27)35)23-36(31(39)37(33)25(3)4)22-26-12-18-40-19-13-26/h6-8,14,24-29H,9-13,15-23H2,1-5H3,(H,34,38)/t27?,28?,29-,32?,33?/m0/s1. The van der Waals surface area contributed by atoms with Gasteiger partial charge in [0, 0.05) is 62.3 Å². The van der Waals surface area contributed by atoms with Crippen molar-refractivity contribution in [1.29, 1.82) is 0 Å². The number of amides is 3. The summed E-state index contributed by atoms with van der Waals surface area (Å²) in [4.78, 5) is 33.8. The van der Waals surface area contributed by atoms with Crippen LogP contribution in [0, 0.1) is 23.2 Å². The third-order valence-electron chi connectivity index (χ3n) is 10.7. The first-order valence-electron chi connectivity index (χ1n) is 16.2. The Morgan fingerprint density at radius 1 is 1.12 bits per heavy atom. The predicted molar refractivity (Wildman–Crippen MR) is 160 cm³/mol. The number of piperidine rings is 1. The highest BCUT2D eigenvalue weighted by Gasteiger charge is 2.58. The van der Waals surface area contributed by atoms with Crippen molar-refractivity contribution in [2.24, 2.45) is 23.2 Å². The van der Waals surface area contributed by atoms with Gasteiger partial charge in [-0.25, -0.2) is 4.79 Å². The highest BCUT2D eigenvalue weighted by Crippen LogP contribution is 2.50. The van der Waals surface area contributed by atoms with Gasteiger partial charge in [0.1, 0.15) is 0 Å². The van der Waals surface area contributed by atoms with Crippen LogP contribution in [-0.2, 0) is 9.53 Å². The molecule has 3 saturated heterocycles. The van der Waals surface area contributed by atoms with Crippen LogP contribution in [0.25, 0.3) is 0 Å². The van der Waals surface area contributed by atoms with Crippen LogP contribution in [0.5, 0.6) is 0 Å². The normalized spacial score (nSPS) is 33.9. The van der Waals surface area contributed by atoms with Crippen LogP contribution in [-0.4, -0.2) is 89.7 Å². The molecule has 3 aliphatic heterocycles. The summed E-state index contributed by atoms with van der Waals surface area (Å²) in [5.74, 6) is 1.33. The first-order chi connectivity index (χ1) is 19.1. The molecule has 1 N–H and O–H groups in total. The average Bonchev–Trinajstić information content (AvgIpc) is 3.42. The van der Waals surface area contributed by atoms with Crippen molar-refractivity contribution in [3.05, 3.63) is 24.3 Å². The van der Waals surface area contributed by atoms with Crippen LogP contribution < -0.4 is 5.32 Å². The highest BCUT2D eigenvalue weighted by molar-refractivity contribution is 5.79. The minimum absolute atomic E-state index is 0.0192. The van der Waals surface area contributed by atoms with Crippen molar-refractivity contribution in [2.45, 2.75) is 110 Å². The lowest BCUT2D eigenvalue weighted by molar-refractivity contribution is -0.125. The Labute approximate surface area is 242 Å². The van der Waals surface area contributed by atoms with Crippen molar-refractivity contribution in [3.8, 4) is 0 Å². The number of hydrogen-bond donors (Lipinski definition) is 1. The molecular weight excluding hydrogens is 500 g/mol. The maximum atomic E-state index is 13.8. The molecule has 0 radical (unpaired) electrons. The molecule has 2 aliphatic carbocycles. The Morgan fingerprint density at radius 3 is 2.58 bits per heavy atom. The van der Waals surface area contributed by atoms with Gasteiger partial charge in [-0.3, -0.25) is 9.69 Å². The number of allylic oxidation sites excluding steroid dienone is 3. The summed E-state index contributed by atoms with van der Waals surface area (Å²) in [6.45, 7) is 16.2. The van der Waals surface area contributed by atoms with Crippen molar-refractivity contribution in [1.82, 2.24) is 20.0 Å². The third kappa shape index (κ3) is 6.01. The molecule has 40 heavy (non-hydrogen) atoms. The van der Waals surface area contributed by atoms with Gasteiger partial charge < -0.3 is 19.9 Å². The van der Waals surface area contributed by atoms with Gasteiger partial charge in [-0.05, 0) is 83.6 Å². The Kier molecular flexibility index (Phi) is 9.01. The molecule has 5 atom stereocenters. The van der Waals surface area contributed by atoms with Gasteiger partial charge in [-0.15, -0.1) is 0 Å². The van der Waals surface area contributed by atoms with E-state index < -0.39 is 0 Å². The number of nitrogens with one attached hydrogen (secondary N) is 1. The molecule has 0 aromatic rings. The first kappa shape index (κ1) is 29.6. The molecule has 5 aliphatic rings. The predicted octanol–water partition coefficient (Wildman–Crippen LogP) is 5.23. The van der Waals surface area contributed by atoms with Crippen molar-refractivity contribution in [3.63, 3.8) is 0 Å². The van der Waals surface area contributed by atoms with Gasteiger partial charge in [-0.1, -0.05) is 45.1 Å². The van der Waals surface area contributed by atoms with E-state index in [0.717, 1.165) is 77.9 Å². The molecule has 4 fully saturated rings. The summed E-state index contributed by atoms with van der Waals surface area (Å²) < 4.78 is 5.59. The second kappa shape index (κ2) is 12.2. The number of nitrogens with zero attached hydrogens (tertiary/aromatic N) is 3. The molecule has 0 aromatic carbocycles. The lowest BCUT2D eigenvalue weighted by Crippen LogP contribution is -2.51. The van der Waals surface area contributed by atoms with Gasteiger partial charge >= 0.3 is 6.03 Å². The monoisotopic (exact) mass is 554 g/mol. The van der Waals surface area contributed by atoms with E-state index in [1.165, 1.54) is 12.8 Å². The minimum atomic E-state index is -0.0671. The van der Waals surface area contributed by atoms with E-state index in [0.29, 0.717) is 17.9 Å². The molecule has 3 heterocycles. The summed E-state index contributed by atoms with van der Waals surface area (Å²) in [5, 5.41) is 3.43. The Bertz CT molecular complexity index is 973. The van der Waals surface area contributed by atoms with Crippen molar-refractivity contribution < 1.29 is 14.3 Å². The molecule has 1 saturated carbocycles. The zero-order valence-corrected chi connectivity index (χ0v) is 25.7. The van der Waals surface area contributed by atoms with Gasteiger partial charge in [0.05, 0.1) is 5.54 Å². The Hall–Kier alpha value is -1.86. The quantitative estimate of drug-likeness (QED) is 0.424. The van der Waals surface area contributed by atoms with Gasteiger partial charge in [0.2, 0.25) is 5.91 Å². The lowest BCUT2D eigenvalue weighted by atomic mass is 9.75. The van der Waals surface area contributed by atoms with E-state index >= 15 is 0 Å². The average molecular weight is 555 g/mol. The fraction of sp³-hybridized carbons (Fsp3) is 0.818. The second-order valence-electron chi connectivity index (χ2n) is 14.3. The van der Waals surface area contributed by atoms with Crippen LogP contribution in [0.4, 0.5) is 4.79 Å². The smallest absolute Gasteiger partial charge is 0.320 e. The van der Waals surface area contributed by atoms with Crippen molar-refractivity contribution in [2.75, 3.05) is 39.4 Å². The number of rotatable bonds is 9. The van der Waals surface area contributed by atoms with Crippen LogP contribution >= 0.6 is 0 Å². The molecule has 7 heteroatoms. The van der Waals surface area contributed by atoms with E-state index in [1.54, 1.807) is 0 Å². The zero-order valence-electron chi connectivity index (χ0n) is 25.7.